The van der Waals surface area contributed by atoms with Crippen LogP contribution in [0.2, 0.25) is 0 Å². The quantitative estimate of drug-likeness (QED) is 0.658. The molecule has 0 aliphatic carbocycles. The number of carboxylic acid groups (broad SMARTS) is 1. The second-order valence-electron chi connectivity index (χ2n) is 2.96. The molecule has 0 radical (unpaired) electrons. The van der Waals surface area contributed by atoms with Crippen molar-refractivity contribution < 1.29 is 9.90 Å². The Balaban J connectivity index is 2.41. The van der Waals surface area contributed by atoms with Crippen LogP contribution in [0.15, 0.2) is 16.7 Å². The molecule has 78 valence electrons. The smallest absolute Gasteiger partial charge is 0.313 e. The van der Waals surface area contributed by atoms with E-state index < -0.39 is 5.97 Å². The standard InChI is InChI=1S/C9H8N2O2S2/c1-5-2-14-8-7(5)9(11-4-10-8)15-3-6(12)13/h2,4H,3H2,1H3,(H,12,13). The number of aryl methyl sites for hydroxylation is 1. The minimum atomic E-state index is -0.834. The molecule has 0 unspecified atom stereocenters. The predicted octanol–water partition coefficient (Wildman–Crippen LogP) is 2.18. The van der Waals surface area contributed by atoms with E-state index in [4.69, 9.17) is 5.11 Å². The van der Waals surface area contributed by atoms with E-state index in [0.29, 0.717) is 0 Å². The molecule has 1 N–H and O–H groups in total. The zero-order valence-electron chi connectivity index (χ0n) is 7.93. The van der Waals surface area contributed by atoms with Crippen molar-refractivity contribution >= 4 is 39.3 Å². The molecule has 0 saturated carbocycles. The zero-order valence-corrected chi connectivity index (χ0v) is 9.56. The molecule has 15 heavy (non-hydrogen) atoms. The number of nitrogens with zero attached hydrogens (tertiary/aromatic N) is 2. The fourth-order valence-electron chi connectivity index (χ4n) is 1.22. The van der Waals surface area contributed by atoms with Crippen molar-refractivity contribution in [1.82, 2.24) is 9.97 Å². The van der Waals surface area contributed by atoms with E-state index in [1.165, 1.54) is 18.1 Å². The highest BCUT2D eigenvalue weighted by Crippen LogP contribution is 2.30. The van der Waals surface area contributed by atoms with Gasteiger partial charge in [-0.2, -0.15) is 0 Å². The summed E-state index contributed by atoms with van der Waals surface area (Å²) in [5.74, 6) is -0.804. The van der Waals surface area contributed by atoms with E-state index in [0.717, 1.165) is 20.8 Å². The summed E-state index contributed by atoms with van der Waals surface area (Å²) >= 11 is 2.78. The maximum Gasteiger partial charge on any atom is 0.313 e. The molecule has 6 heteroatoms. The molecular weight excluding hydrogens is 232 g/mol. The molecule has 2 aromatic heterocycles. The molecule has 2 rings (SSSR count). The van der Waals surface area contributed by atoms with Gasteiger partial charge >= 0.3 is 5.97 Å². The molecule has 0 spiro atoms. The summed E-state index contributed by atoms with van der Waals surface area (Å²) in [5.41, 5.74) is 1.10. The molecule has 0 fully saturated rings. The van der Waals surface area contributed by atoms with E-state index in [1.807, 2.05) is 12.3 Å². The number of thioether (sulfide) groups is 1. The lowest BCUT2D eigenvalue weighted by Crippen LogP contribution is -1.98. The molecule has 0 aromatic carbocycles. The Morgan fingerprint density at radius 2 is 2.40 bits per heavy atom. The van der Waals surface area contributed by atoms with Gasteiger partial charge in [0.25, 0.3) is 0 Å². The maximum atomic E-state index is 10.5. The Bertz CT molecular complexity index is 510. The highest BCUT2D eigenvalue weighted by Gasteiger charge is 2.10. The van der Waals surface area contributed by atoms with E-state index in [2.05, 4.69) is 9.97 Å². The van der Waals surface area contributed by atoms with Gasteiger partial charge in [0, 0.05) is 5.39 Å². The highest BCUT2D eigenvalue weighted by molar-refractivity contribution is 8.00. The zero-order chi connectivity index (χ0) is 10.8. The number of carbonyl (C=O) groups is 1. The predicted molar refractivity (Wildman–Crippen MR) is 60.5 cm³/mol. The van der Waals surface area contributed by atoms with Gasteiger partial charge in [-0.3, -0.25) is 4.79 Å². The van der Waals surface area contributed by atoms with E-state index in [9.17, 15) is 4.79 Å². The minimum absolute atomic E-state index is 0.0292. The van der Waals surface area contributed by atoms with Gasteiger partial charge in [0.1, 0.15) is 16.2 Å². The van der Waals surface area contributed by atoms with Crippen molar-refractivity contribution in [2.24, 2.45) is 0 Å². The van der Waals surface area contributed by atoms with Crippen LogP contribution in [0.4, 0.5) is 0 Å². The third kappa shape index (κ3) is 2.10. The van der Waals surface area contributed by atoms with Gasteiger partial charge in [0.2, 0.25) is 0 Å². The van der Waals surface area contributed by atoms with Crippen molar-refractivity contribution in [1.29, 1.82) is 0 Å². The Morgan fingerprint density at radius 1 is 1.60 bits per heavy atom. The topological polar surface area (TPSA) is 63.1 Å². The SMILES string of the molecule is Cc1csc2ncnc(SCC(=O)O)c12. The molecule has 0 amide bonds. The number of aliphatic carboxylic acids is 1. The molecular formula is C9H8N2O2S2. The van der Waals surface area contributed by atoms with Crippen LogP contribution in [-0.2, 0) is 4.79 Å². The van der Waals surface area contributed by atoms with E-state index in [-0.39, 0.29) is 5.75 Å². The lowest BCUT2D eigenvalue weighted by Gasteiger charge is -1.99. The summed E-state index contributed by atoms with van der Waals surface area (Å²) in [4.78, 5) is 19.6. The van der Waals surface area contributed by atoms with E-state index in [1.54, 1.807) is 11.3 Å². The van der Waals surface area contributed by atoms with Gasteiger partial charge < -0.3 is 5.11 Å². The third-order valence-electron chi connectivity index (χ3n) is 1.85. The van der Waals surface area contributed by atoms with Gasteiger partial charge in [-0.05, 0) is 17.9 Å². The number of carboxylic acids is 1. The Kier molecular flexibility index (Phi) is 2.88. The van der Waals surface area contributed by atoms with Gasteiger partial charge in [-0.25, -0.2) is 9.97 Å². The lowest BCUT2D eigenvalue weighted by molar-refractivity contribution is -0.133. The van der Waals surface area contributed by atoms with Crippen LogP contribution >= 0.6 is 23.1 Å². The van der Waals surface area contributed by atoms with Gasteiger partial charge in [-0.1, -0.05) is 11.8 Å². The fourth-order valence-corrected chi connectivity index (χ4v) is 2.96. The molecule has 0 atom stereocenters. The maximum absolute atomic E-state index is 10.5. The summed E-state index contributed by atoms with van der Waals surface area (Å²) in [6, 6.07) is 0. The first kappa shape index (κ1) is 10.4. The van der Waals surface area contributed by atoms with Crippen LogP contribution in [0.5, 0.6) is 0 Å². The minimum Gasteiger partial charge on any atom is -0.481 e. The van der Waals surface area contributed by atoms with Crippen LogP contribution in [0.25, 0.3) is 10.2 Å². The first-order valence-electron chi connectivity index (χ1n) is 4.22. The lowest BCUT2D eigenvalue weighted by atomic mass is 10.3. The number of hydrogen-bond donors (Lipinski definition) is 1. The van der Waals surface area contributed by atoms with Crippen molar-refractivity contribution in [2.75, 3.05) is 5.75 Å². The normalized spacial score (nSPS) is 10.7. The molecule has 4 nitrogen and oxygen atoms in total. The summed E-state index contributed by atoms with van der Waals surface area (Å²) in [6.07, 6.45) is 1.47. The molecule has 0 aliphatic heterocycles. The second-order valence-corrected chi connectivity index (χ2v) is 4.78. The number of rotatable bonds is 3. The Hall–Kier alpha value is -1.14. The third-order valence-corrected chi connectivity index (χ3v) is 3.83. The molecule has 2 aromatic rings. The van der Waals surface area contributed by atoms with E-state index >= 15 is 0 Å². The number of hydrogen-bond acceptors (Lipinski definition) is 5. The average Bonchev–Trinajstić information content (AvgIpc) is 2.58. The average molecular weight is 240 g/mol. The number of thiophene rings is 1. The van der Waals surface area contributed by atoms with Crippen LogP contribution in [-0.4, -0.2) is 26.8 Å². The van der Waals surface area contributed by atoms with Crippen molar-refractivity contribution in [3.63, 3.8) is 0 Å². The van der Waals surface area contributed by atoms with Gasteiger partial charge in [0.05, 0.1) is 5.75 Å². The fraction of sp³-hybridized carbons (Fsp3) is 0.222. The monoisotopic (exact) mass is 240 g/mol. The van der Waals surface area contributed by atoms with Crippen LogP contribution in [0, 0.1) is 6.92 Å². The first-order valence-corrected chi connectivity index (χ1v) is 6.08. The van der Waals surface area contributed by atoms with Crippen molar-refractivity contribution in [3.05, 3.63) is 17.3 Å². The first-order chi connectivity index (χ1) is 7.18. The highest BCUT2D eigenvalue weighted by atomic mass is 32.2. The summed E-state index contributed by atoms with van der Waals surface area (Å²) in [5, 5.41) is 12.3. The van der Waals surface area contributed by atoms with Gasteiger partial charge in [-0.15, -0.1) is 11.3 Å². The Morgan fingerprint density at radius 3 is 3.13 bits per heavy atom. The van der Waals surface area contributed by atoms with Crippen LogP contribution in [0.1, 0.15) is 5.56 Å². The molecule has 0 aliphatic rings. The molecule has 2 heterocycles. The largest absolute Gasteiger partial charge is 0.481 e. The summed E-state index contributed by atoms with van der Waals surface area (Å²) in [6.45, 7) is 1.98. The summed E-state index contributed by atoms with van der Waals surface area (Å²) in [7, 11) is 0. The molecule has 0 bridgehead atoms. The number of fused-ring (bicyclic) bond motifs is 1. The van der Waals surface area contributed by atoms with Gasteiger partial charge in [0.15, 0.2) is 0 Å². The van der Waals surface area contributed by atoms with Crippen LogP contribution < -0.4 is 0 Å². The number of aromatic nitrogens is 2. The Labute approximate surface area is 94.4 Å². The second kappa shape index (κ2) is 4.16. The van der Waals surface area contributed by atoms with Crippen molar-refractivity contribution in [2.45, 2.75) is 11.9 Å². The van der Waals surface area contributed by atoms with Crippen molar-refractivity contribution in [3.8, 4) is 0 Å². The molecule has 0 saturated heterocycles. The van der Waals surface area contributed by atoms with Crippen LogP contribution in [0.3, 0.4) is 0 Å². The summed E-state index contributed by atoms with van der Waals surface area (Å²) < 4.78 is 0.